The summed E-state index contributed by atoms with van der Waals surface area (Å²) < 4.78 is 11.5. The summed E-state index contributed by atoms with van der Waals surface area (Å²) in [5, 5.41) is 0.916. The molecule has 2 aromatic rings. The number of furan rings is 1. The van der Waals surface area contributed by atoms with Crippen molar-refractivity contribution in [1.82, 2.24) is 0 Å². The zero-order valence-corrected chi connectivity index (χ0v) is 11.3. The van der Waals surface area contributed by atoms with Gasteiger partial charge in [-0.2, -0.15) is 0 Å². The van der Waals surface area contributed by atoms with E-state index in [1.165, 1.54) is 0 Å². The van der Waals surface area contributed by atoms with Gasteiger partial charge >= 0.3 is 5.97 Å². The Morgan fingerprint density at radius 3 is 2.76 bits per heavy atom. The van der Waals surface area contributed by atoms with Crippen LogP contribution in [0.3, 0.4) is 0 Å². The first-order chi connectivity index (χ1) is 8.15. The Morgan fingerprint density at radius 2 is 2.12 bits per heavy atom. The van der Waals surface area contributed by atoms with Gasteiger partial charge in [-0.3, -0.25) is 0 Å². The Bertz CT molecular complexity index is 557. The fourth-order valence-electron chi connectivity index (χ4n) is 1.70. The lowest BCUT2D eigenvalue weighted by Gasteiger charge is -2.03. The SMILES string of the molecule is CCOC(=O)c1cc(Br)cc2cc(CC)oc12. The van der Waals surface area contributed by atoms with Crippen LogP contribution in [0.1, 0.15) is 30.0 Å². The van der Waals surface area contributed by atoms with E-state index in [2.05, 4.69) is 15.9 Å². The molecule has 4 heteroatoms. The first-order valence-electron chi connectivity index (χ1n) is 5.54. The van der Waals surface area contributed by atoms with Crippen LogP contribution in [0.5, 0.6) is 0 Å². The van der Waals surface area contributed by atoms with Crippen LogP contribution in [0.15, 0.2) is 27.1 Å². The van der Waals surface area contributed by atoms with Gasteiger partial charge in [0.15, 0.2) is 0 Å². The molecule has 0 saturated carbocycles. The summed E-state index contributed by atoms with van der Waals surface area (Å²) in [5.74, 6) is 0.513. The molecule has 0 atom stereocenters. The second-order valence-corrected chi connectivity index (χ2v) is 4.57. The number of esters is 1. The molecule has 3 nitrogen and oxygen atoms in total. The number of rotatable bonds is 3. The third-order valence-corrected chi connectivity index (χ3v) is 2.93. The minimum Gasteiger partial charge on any atom is -0.462 e. The highest BCUT2D eigenvalue weighted by Crippen LogP contribution is 2.28. The summed E-state index contributed by atoms with van der Waals surface area (Å²) in [6.45, 7) is 4.15. The van der Waals surface area contributed by atoms with Crippen LogP contribution >= 0.6 is 15.9 Å². The average molecular weight is 297 g/mol. The van der Waals surface area contributed by atoms with Crippen molar-refractivity contribution in [3.05, 3.63) is 34.0 Å². The maximum absolute atomic E-state index is 11.8. The molecule has 0 amide bonds. The number of halogens is 1. The van der Waals surface area contributed by atoms with Gasteiger partial charge in [-0.05, 0) is 25.1 Å². The molecule has 0 spiro atoms. The zero-order chi connectivity index (χ0) is 12.4. The third-order valence-electron chi connectivity index (χ3n) is 2.48. The number of hydrogen-bond donors (Lipinski definition) is 0. The number of carbonyl (C=O) groups is 1. The largest absolute Gasteiger partial charge is 0.462 e. The smallest absolute Gasteiger partial charge is 0.341 e. The van der Waals surface area contributed by atoms with E-state index in [9.17, 15) is 4.79 Å². The highest BCUT2D eigenvalue weighted by atomic mass is 79.9. The lowest BCUT2D eigenvalue weighted by molar-refractivity contribution is 0.0527. The number of carbonyl (C=O) groups excluding carboxylic acids is 1. The fraction of sp³-hybridized carbons (Fsp3) is 0.308. The second kappa shape index (κ2) is 4.92. The predicted octanol–water partition coefficient (Wildman–Crippen LogP) is 3.93. The molecule has 0 fully saturated rings. The third kappa shape index (κ3) is 2.36. The van der Waals surface area contributed by atoms with Crippen molar-refractivity contribution in [3.63, 3.8) is 0 Å². The molecule has 0 aliphatic carbocycles. The van der Waals surface area contributed by atoms with E-state index in [1.54, 1.807) is 13.0 Å². The number of hydrogen-bond acceptors (Lipinski definition) is 3. The molecule has 0 unspecified atom stereocenters. The summed E-state index contributed by atoms with van der Waals surface area (Å²) in [6, 6.07) is 5.60. The van der Waals surface area contributed by atoms with Crippen molar-refractivity contribution in [3.8, 4) is 0 Å². The van der Waals surface area contributed by atoms with E-state index in [4.69, 9.17) is 9.15 Å². The molecular formula is C13H13BrO3. The van der Waals surface area contributed by atoms with Gasteiger partial charge in [0.2, 0.25) is 0 Å². The minimum atomic E-state index is -0.351. The van der Waals surface area contributed by atoms with E-state index < -0.39 is 0 Å². The molecule has 0 bridgehead atoms. The summed E-state index contributed by atoms with van der Waals surface area (Å²) in [6.07, 6.45) is 0.800. The van der Waals surface area contributed by atoms with Gasteiger partial charge in [0.25, 0.3) is 0 Å². The second-order valence-electron chi connectivity index (χ2n) is 3.66. The van der Waals surface area contributed by atoms with E-state index in [0.29, 0.717) is 17.8 Å². The lowest BCUT2D eigenvalue weighted by atomic mass is 10.1. The van der Waals surface area contributed by atoms with Crippen molar-refractivity contribution in [2.24, 2.45) is 0 Å². The van der Waals surface area contributed by atoms with Crippen LogP contribution in [0, 0.1) is 0 Å². The van der Waals surface area contributed by atoms with Gasteiger partial charge in [0.1, 0.15) is 16.9 Å². The van der Waals surface area contributed by atoms with Crippen LogP contribution in [0.25, 0.3) is 11.0 Å². The van der Waals surface area contributed by atoms with Crippen LogP contribution in [0.2, 0.25) is 0 Å². The molecule has 1 aromatic carbocycles. The molecule has 1 heterocycles. The quantitative estimate of drug-likeness (QED) is 0.806. The van der Waals surface area contributed by atoms with Crippen LogP contribution in [-0.2, 0) is 11.2 Å². The fourth-order valence-corrected chi connectivity index (χ4v) is 2.18. The van der Waals surface area contributed by atoms with Gasteiger partial charge in [0, 0.05) is 16.3 Å². The van der Waals surface area contributed by atoms with Crippen molar-refractivity contribution >= 4 is 32.9 Å². The molecule has 0 radical (unpaired) electrons. The summed E-state index contributed by atoms with van der Waals surface area (Å²) in [4.78, 5) is 11.8. The van der Waals surface area contributed by atoms with Crippen LogP contribution < -0.4 is 0 Å². The summed E-state index contributed by atoms with van der Waals surface area (Å²) >= 11 is 3.38. The maximum Gasteiger partial charge on any atom is 0.341 e. The number of benzene rings is 1. The topological polar surface area (TPSA) is 39.4 Å². The van der Waals surface area contributed by atoms with Crippen LogP contribution in [-0.4, -0.2) is 12.6 Å². The van der Waals surface area contributed by atoms with Crippen molar-refractivity contribution in [1.29, 1.82) is 0 Å². The number of fused-ring (bicyclic) bond motifs is 1. The molecule has 0 aliphatic heterocycles. The summed E-state index contributed by atoms with van der Waals surface area (Å²) in [7, 11) is 0. The van der Waals surface area contributed by atoms with E-state index in [-0.39, 0.29) is 5.97 Å². The molecular weight excluding hydrogens is 284 g/mol. The highest BCUT2D eigenvalue weighted by Gasteiger charge is 2.16. The van der Waals surface area contributed by atoms with Crippen molar-refractivity contribution < 1.29 is 13.9 Å². The molecule has 1 aromatic heterocycles. The monoisotopic (exact) mass is 296 g/mol. The number of aryl methyl sites for hydroxylation is 1. The first-order valence-corrected chi connectivity index (χ1v) is 6.34. The predicted molar refractivity (Wildman–Crippen MR) is 69.2 cm³/mol. The van der Waals surface area contributed by atoms with Gasteiger partial charge < -0.3 is 9.15 Å². The van der Waals surface area contributed by atoms with Gasteiger partial charge in [-0.25, -0.2) is 4.79 Å². The van der Waals surface area contributed by atoms with E-state index >= 15 is 0 Å². The van der Waals surface area contributed by atoms with Crippen molar-refractivity contribution in [2.75, 3.05) is 6.61 Å². The molecule has 2 rings (SSSR count). The van der Waals surface area contributed by atoms with Crippen molar-refractivity contribution in [2.45, 2.75) is 20.3 Å². The van der Waals surface area contributed by atoms with Gasteiger partial charge in [0.05, 0.1) is 6.61 Å². The van der Waals surface area contributed by atoms with Gasteiger partial charge in [-0.1, -0.05) is 22.9 Å². The van der Waals surface area contributed by atoms with Crippen LogP contribution in [0.4, 0.5) is 0 Å². The minimum absolute atomic E-state index is 0.351. The van der Waals surface area contributed by atoms with E-state index in [0.717, 1.165) is 22.0 Å². The molecule has 0 aliphatic rings. The number of ether oxygens (including phenoxy) is 1. The Balaban J connectivity index is 2.60. The highest BCUT2D eigenvalue weighted by molar-refractivity contribution is 9.10. The van der Waals surface area contributed by atoms with E-state index in [1.807, 2.05) is 19.1 Å². The first kappa shape index (κ1) is 12.2. The molecule has 0 saturated heterocycles. The molecule has 90 valence electrons. The Labute approximate surface area is 108 Å². The Kier molecular flexibility index (Phi) is 3.52. The van der Waals surface area contributed by atoms with Gasteiger partial charge in [-0.15, -0.1) is 0 Å². The average Bonchev–Trinajstić information content (AvgIpc) is 2.70. The Morgan fingerprint density at radius 1 is 1.35 bits per heavy atom. The maximum atomic E-state index is 11.8. The standard InChI is InChI=1S/C13H13BrO3/c1-3-10-6-8-5-9(14)7-11(12(8)17-10)13(15)16-4-2/h5-7H,3-4H2,1-2H3. The zero-order valence-electron chi connectivity index (χ0n) is 9.75. The molecule has 0 N–H and O–H groups in total. The summed E-state index contributed by atoms with van der Waals surface area (Å²) in [5.41, 5.74) is 1.07. The molecule has 17 heavy (non-hydrogen) atoms. The Hall–Kier alpha value is -1.29. The lowest BCUT2D eigenvalue weighted by Crippen LogP contribution is -2.04. The normalized spacial score (nSPS) is 10.8.